The molecule has 0 saturated carbocycles. The van der Waals surface area contributed by atoms with Gasteiger partial charge in [0.1, 0.15) is 12.1 Å². The number of nitrogens with zero attached hydrogens (tertiary/aromatic N) is 3. The Kier molecular flexibility index (Phi) is 5.48. The maximum atomic E-state index is 13.1. The Morgan fingerprint density at radius 2 is 1.87 bits per heavy atom. The van der Waals surface area contributed by atoms with Crippen molar-refractivity contribution >= 4 is 5.78 Å². The van der Waals surface area contributed by atoms with Crippen molar-refractivity contribution in [2.45, 2.75) is 26.2 Å². The maximum Gasteiger partial charge on any atom is 0.225 e. The lowest BCUT2D eigenvalue weighted by molar-refractivity contribution is 0.0975. The number of halogens is 1. The molecule has 0 radical (unpaired) electrons. The highest BCUT2D eigenvalue weighted by Crippen LogP contribution is 2.29. The number of oxazole rings is 1. The number of carbonyl (C=O) groups is 1. The fourth-order valence-corrected chi connectivity index (χ4v) is 3.24. The highest BCUT2D eigenvalue weighted by Gasteiger charge is 2.17. The quantitative estimate of drug-likeness (QED) is 0.392. The molecule has 0 unspecified atom stereocenters. The second-order valence-electron chi connectivity index (χ2n) is 7.29. The Labute approximate surface area is 173 Å². The molecule has 0 aliphatic rings. The van der Waals surface area contributed by atoms with Gasteiger partial charge < -0.3 is 4.42 Å². The number of benzene rings is 1. The summed E-state index contributed by atoms with van der Waals surface area (Å²) in [6.07, 6.45) is 6.26. The number of aryl methyl sites for hydroxylation is 1. The maximum absolute atomic E-state index is 13.1. The minimum absolute atomic E-state index is 0.0459. The van der Waals surface area contributed by atoms with E-state index in [1.54, 1.807) is 24.5 Å². The van der Waals surface area contributed by atoms with Crippen LogP contribution in [-0.4, -0.2) is 20.7 Å². The smallest absolute Gasteiger partial charge is 0.225 e. The molecule has 0 saturated heterocycles. The molecule has 0 N–H and O–H groups in total. The van der Waals surface area contributed by atoms with Crippen molar-refractivity contribution in [1.82, 2.24) is 15.0 Å². The van der Waals surface area contributed by atoms with Gasteiger partial charge in [-0.3, -0.25) is 14.8 Å². The van der Waals surface area contributed by atoms with Crippen molar-refractivity contribution in [3.05, 3.63) is 90.0 Å². The molecule has 6 heteroatoms. The zero-order valence-electron chi connectivity index (χ0n) is 16.7. The molecule has 3 aromatic heterocycles. The Morgan fingerprint density at radius 3 is 2.53 bits per heavy atom. The fourth-order valence-electron chi connectivity index (χ4n) is 3.24. The molecule has 0 spiro atoms. The van der Waals surface area contributed by atoms with Crippen LogP contribution in [0, 0.1) is 12.7 Å². The summed E-state index contributed by atoms with van der Waals surface area (Å²) >= 11 is 0. The molecule has 1 atom stereocenters. The van der Waals surface area contributed by atoms with Crippen LogP contribution in [-0.2, 0) is 0 Å². The van der Waals surface area contributed by atoms with Crippen LogP contribution in [0.5, 0.6) is 0 Å². The molecule has 0 amide bonds. The average Bonchev–Trinajstić information content (AvgIpc) is 3.29. The number of Topliss-reactive ketones (excluding diaryl/α,β-unsaturated/α-hetero) is 1. The van der Waals surface area contributed by atoms with Crippen LogP contribution in [0.1, 0.15) is 40.9 Å². The first-order chi connectivity index (χ1) is 14.5. The summed E-state index contributed by atoms with van der Waals surface area (Å²) in [5, 5.41) is 0. The van der Waals surface area contributed by atoms with E-state index < -0.39 is 5.82 Å². The number of carbonyl (C=O) groups excluding carboxylic acids is 1. The predicted molar refractivity (Wildman–Crippen MR) is 111 cm³/mol. The van der Waals surface area contributed by atoms with Crippen LogP contribution in [0.4, 0.5) is 4.39 Å². The van der Waals surface area contributed by atoms with Crippen molar-refractivity contribution in [1.29, 1.82) is 0 Å². The van der Waals surface area contributed by atoms with Gasteiger partial charge in [0, 0.05) is 40.9 Å². The minimum atomic E-state index is -0.397. The minimum Gasteiger partial charge on any atom is -0.445 e. The van der Waals surface area contributed by atoms with E-state index in [2.05, 4.69) is 15.0 Å². The fraction of sp³-hybridized carbons (Fsp3) is 0.167. The molecule has 30 heavy (non-hydrogen) atoms. The average molecular weight is 401 g/mol. The Balaban J connectivity index is 1.68. The number of rotatable bonds is 6. The highest BCUT2D eigenvalue weighted by molar-refractivity contribution is 5.98. The number of pyridine rings is 2. The monoisotopic (exact) mass is 401 g/mol. The normalized spacial score (nSPS) is 12.0. The van der Waals surface area contributed by atoms with E-state index in [-0.39, 0.29) is 18.1 Å². The number of hydrogen-bond donors (Lipinski definition) is 0. The molecule has 3 heterocycles. The van der Waals surface area contributed by atoms with Gasteiger partial charge in [0.15, 0.2) is 5.78 Å². The van der Waals surface area contributed by atoms with E-state index in [0.29, 0.717) is 22.7 Å². The van der Waals surface area contributed by atoms with Gasteiger partial charge in [0.05, 0.1) is 18.1 Å². The predicted octanol–water partition coefficient (Wildman–Crippen LogP) is 5.62. The van der Waals surface area contributed by atoms with Crippen molar-refractivity contribution in [2.24, 2.45) is 0 Å². The molecule has 0 bridgehead atoms. The van der Waals surface area contributed by atoms with Gasteiger partial charge in [-0.25, -0.2) is 9.37 Å². The summed E-state index contributed by atoms with van der Waals surface area (Å²) in [5.74, 6) is -0.155. The third kappa shape index (κ3) is 4.33. The summed E-state index contributed by atoms with van der Waals surface area (Å²) in [6, 6.07) is 12.4. The topological polar surface area (TPSA) is 68.9 Å². The summed E-state index contributed by atoms with van der Waals surface area (Å²) in [6.45, 7) is 3.87. The lowest BCUT2D eigenvalue weighted by Gasteiger charge is -2.12. The summed E-state index contributed by atoms with van der Waals surface area (Å²) in [4.78, 5) is 25.9. The van der Waals surface area contributed by atoms with Gasteiger partial charge in [-0.15, -0.1) is 0 Å². The lowest BCUT2D eigenvalue weighted by Crippen LogP contribution is -2.07. The lowest BCUT2D eigenvalue weighted by atomic mass is 9.94. The largest absolute Gasteiger partial charge is 0.445 e. The third-order valence-corrected chi connectivity index (χ3v) is 4.89. The summed E-state index contributed by atoms with van der Waals surface area (Å²) in [7, 11) is 0. The van der Waals surface area contributed by atoms with E-state index in [9.17, 15) is 9.18 Å². The summed E-state index contributed by atoms with van der Waals surface area (Å²) < 4.78 is 18.6. The van der Waals surface area contributed by atoms with Crippen LogP contribution < -0.4 is 0 Å². The first-order valence-electron chi connectivity index (χ1n) is 9.62. The van der Waals surface area contributed by atoms with Gasteiger partial charge in [-0.05, 0) is 48.9 Å². The van der Waals surface area contributed by atoms with Gasteiger partial charge in [-0.2, -0.15) is 0 Å². The molecule has 1 aromatic carbocycles. The van der Waals surface area contributed by atoms with Crippen LogP contribution in [0.3, 0.4) is 0 Å². The highest BCUT2D eigenvalue weighted by atomic mass is 19.1. The van der Waals surface area contributed by atoms with Crippen LogP contribution in [0.15, 0.2) is 71.7 Å². The Bertz CT molecular complexity index is 1150. The van der Waals surface area contributed by atoms with Gasteiger partial charge in [-0.1, -0.05) is 13.0 Å². The zero-order chi connectivity index (χ0) is 21.1. The van der Waals surface area contributed by atoms with Crippen LogP contribution in [0.25, 0.3) is 22.7 Å². The zero-order valence-corrected chi connectivity index (χ0v) is 16.7. The molecule has 0 aliphatic carbocycles. The molecular weight excluding hydrogens is 381 g/mol. The first-order valence-corrected chi connectivity index (χ1v) is 9.62. The molecule has 5 nitrogen and oxygen atoms in total. The van der Waals surface area contributed by atoms with Crippen molar-refractivity contribution in [3.63, 3.8) is 0 Å². The second kappa shape index (κ2) is 8.37. The van der Waals surface area contributed by atoms with E-state index >= 15 is 0 Å². The Morgan fingerprint density at radius 1 is 1.03 bits per heavy atom. The van der Waals surface area contributed by atoms with Crippen molar-refractivity contribution in [2.75, 3.05) is 0 Å². The Hall–Kier alpha value is -3.67. The van der Waals surface area contributed by atoms with Gasteiger partial charge >= 0.3 is 0 Å². The van der Waals surface area contributed by atoms with E-state index in [0.717, 1.165) is 16.8 Å². The molecular formula is C24H20FN3O2. The van der Waals surface area contributed by atoms with E-state index in [4.69, 9.17) is 4.42 Å². The second-order valence-corrected chi connectivity index (χ2v) is 7.29. The molecule has 4 rings (SSSR count). The number of hydrogen-bond acceptors (Lipinski definition) is 5. The third-order valence-electron chi connectivity index (χ3n) is 4.89. The van der Waals surface area contributed by atoms with Gasteiger partial charge in [0.25, 0.3) is 0 Å². The SMILES string of the molecule is Cc1ccc(-c2cc(C(=O)C[C@H](C)c3ccc(F)cn3)cc(-c3ncco3)c2)nc1. The molecule has 4 aromatic rings. The number of aromatic nitrogens is 3. The first kappa shape index (κ1) is 19.6. The van der Waals surface area contributed by atoms with Crippen molar-refractivity contribution < 1.29 is 13.6 Å². The van der Waals surface area contributed by atoms with E-state index in [1.807, 2.05) is 38.1 Å². The number of ketones is 1. The van der Waals surface area contributed by atoms with E-state index in [1.165, 1.54) is 18.5 Å². The van der Waals surface area contributed by atoms with Crippen LogP contribution >= 0.6 is 0 Å². The van der Waals surface area contributed by atoms with Gasteiger partial charge in [0.2, 0.25) is 5.89 Å². The molecule has 0 fully saturated rings. The standard InChI is InChI=1S/C24H20FN3O2/c1-15-3-5-22(27-13-15)17-10-18(12-19(11-17)24-26-7-8-30-24)23(29)9-16(2)21-6-4-20(25)14-28-21/h3-8,10-14,16H,9H2,1-2H3/t16-/m0/s1. The van der Waals surface area contributed by atoms with Crippen molar-refractivity contribution in [3.8, 4) is 22.7 Å². The molecule has 150 valence electrons. The molecule has 0 aliphatic heterocycles. The summed E-state index contributed by atoms with van der Waals surface area (Å²) in [5.41, 5.74) is 4.54. The van der Waals surface area contributed by atoms with Crippen LogP contribution in [0.2, 0.25) is 0 Å².